The molecule has 222 valence electrons. The Morgan fingerprint density at radius 2 is 1.59 bits per heavy atom. The van der Waals surface area contributed by atoms with Gasteiger partial charge in [-0.1, -0.05) is 48.5 Å². The van der Waals surface area contributed by atoms with Crippen molar-refractivity contribution >= 4 is 38.7 Å². The lowest BCUT2D eigenvalue weighted by atomic mass is 10.1. The van der Waals surface area contributed by atoms with Crippen LogP contribution in [0.25, 0.3) is 10.8 Å². The normalized spacial score (nSPS) is 12.1. The van der Waals surface area contributed by atoms with E-state index in [0.717, 1.165) is 5.39 Å². The first-order chi connectivity index (χ1) is 19.2. The standard InChI is InChI=1S/C23H26N4O6S.C2HF3O2/c24-23(25)26-33-14-4-13-32-18-11-9-16(10-12-18)15-20(22(28)29)27-34(30,31)21-8-3-6-17-5-1-2-7-19(17)21;3-2(4,5)1(6)7/h1-3,5-12,20,27H,4,13-15H2,(H,28,29)(H4,24,25,26);(H,6,7)/t20-;/m0./s1. The van der Waals surface area contributed by atoms with Crippen LogP contribution in [-0.4, -0.2) is 62.0 Å². The maximum atomic E-state index is 13.0. The van der Waals surface area contributed by atoms with E-state index >= 15 is 0 Å². The number of guanidine groups is 1. The van der Waals surface area contributed by atoms with Gasteiger partial charge in [0.25, 0.3) is 0 Å². The molecule has 16 heteroatoms. The van der Waals surface area contributed by atoms with Crippen LogP contribution in [0.1, 0.15) is 12.0 Å². The summed E-state index contributed by atoms with van der Waals surface area (Å²) in [6, 6.07) is 17.3. The highest BCUT2D eigenvalue weighted by Gasteiger charge is 2.38. The first-order valence-electron chi connectivity index (χ1n) is 11.7. The second-order valence-electron chi connectivity index (χ2n) is 8.21. The quantitative estimate of drug-likeness (QED) is 0.0777. The van der Waals surface area contributed by atoms with Gasteiger partial charge < -0.3 is 20.7 Å². The van der Waals surface area contributed by atoms with Crippen molar-refractivity contribution in [2.45, 2.75) is 30.0 Å². The Bertz CT molecular complexity index is 1450. The molecule has 0 saturated carbocycles. The van der Waals surface area contributed by atoms with Crippen LogP contribution in [0.15, 0.2) is 71.6 Å². The minimum Gasteiger partial charge on any atom is -0.494 e. The number of benzene rings is 3. The van der Waals surface area contributed by atoms with E-state index < -0.39 is 34.2 Å². The van der Waals surface area contributed by atoms with Gasteiger partial charge in [0.2, 0.25) is 16.0 Å². The van der Waals surface area contributed by atoms with Gasteiger partial charge in [0.15, 0.2) is 0 Å². The number of fused-ring (bicyclic) bond motifs is 1. The number of hydrogen-bond donors (Lipinski definition) is 6. The van der Waals surface area contributed by atoms with Gasteiger partial charge in [0.05, 0.1) is 18.1 Å². The molecule has 0 unspecified atom stereocenters. The summed E-state index contributed by atoms with van der Waals surface area (Å²) in [7, 11) is -4.08. The molecule has 0 aliphatic rings. The van der Waals surface area contributed by atoms with Crippen LogP contribution in [0.4, 0.5) is 13.2 Å². The van der Waals surface area contributed by atoms with Gasteiger partial charge in [-0.25, -0.2) is 18.7 Å². The van der Waals surface area contributed by atoms with E-state index in [0.29, 0.717) is 36.3 Å². The third-order valence-corrected chi connectivity index (χ3v) is 6.61. The fraction of sp³-hybridized carbons (Fsp3) is 0.240. The van der Waals surface area contributed by atoms with E-state index in [1.807, 2.05) is 0 Å². The van der Waals surface area contributed by atoms with Gasteiger partial charge in [-0.3, -0.25) is 15.0 Å². The highest BCUT2D eigenvalue weighted by Crippen LogP contribution is 2.23. The summed E-state index contributed by atoms with van der Waals surface area (Å²) in [6.45, 7) is 0.663. The molecule has 3 aromatic carbocycles. The van der Waals surface area contributed by atoms with Crippen LogP contribution in [-0.2, 0) is 30.9 Å². The summed E-state index contributed by atoms with van der Waals surface area (Å²) in [5, 5.41) is 25.0. The molecule has 0 amide bonds. The molecule has 0 fully saturated rings. The van der Waals surface area contributed by atoms with Crippen molar-refractivity contribution in [2.75, 3.05) is 13.2 Å². The summed E-state index contributed by atoms with van der Waals surface area (Å²) in [4.78, 5) is 25.7. The number of aliphatic carboxylic acids is 2. The third-order valence-electron chi connectivity index (χ3n) is 5.08. The van der Waals surface area contributed by atoms with Crippen LogP contribution < -0.4 is 20.7 Å². The number of ether oxygens (including phenoxy) is 1. The second-order valence-corrected chi connectivity index (χ2v) is 9.89. The Morgan fingerprint density at radius 3 is 2.17 bits per heavy atom. The molecule has 0 spiro atoms. The van der Waals surface area contributed by atoms with Crippen molar-refractivity contribution in [2.24, 2.45) is 5.73 Å². The third kappa shape index (κ3) is 10.9. The largest absolute Gasteiger partial charge is 0.494 e. The molecule has 0 heterocycles. The highest BCUT2D eigenvalue weighted by atomic mass is 32.2. The van der Waals surface area contributed by atoms with Crippen LogP contribution in [0, 0.1) is 5.41 Å². The van der Waals surface area contributed by atoms with E-state index in [4.69, 9.17) is 30.6 Å². The topological polar surface area (TPSA) is 201 Å². The summed E-state index contributed by atoms with van der Waals surface area (Å²) in [6.07, 6.45) is -4.57. The molecule has 0 radical (unpaired) electrons. The van der Waals surface area contributed by atoms with Crippen molar-refractivity contribution in [3.63, 3.8) is 0 Å². The van der Waals surface area contributed by atoms with E-state index in [1.54, 1.807) is 60.7 Å². The Morgan fingerprint density at radius 1 is 0.976 bits per heavy atom. The van der Waals surface area contributed by atoms with Crippen molar-refractivity contribution in [3.05, 3.63) is 72.3 Å². The number of rotatable bonds is 12. The van der Waals surface area contributed by atoms with Gasteiger partial charge in [0.1, 0.15) is 11.8 Å². The number of hydrogen-bond acceptors (Lipinski definition) is 7. The SMILES string of the molecule is N=C(N)NOCCCOc1ccc(C[C@H](NS(=O)(=O)c2cccc3ccccc23)C(=O)O)cc1.O=C(O)C(F)(F)F. The van der Waals surface area contributed by atoms with Crippen molar-refractivity contribution < 1.29 is 51.0 Å². The van der Waals surface area contributed by atoms with E-state index in [2.05, 4.69) is 10.2 Å². The number of alkyl halides is 3. The van der Waals surface area contributed by atoms with Crippen molar-refractivity contribution in [1.82, 2.24) is 10.2 Å². The molecule has 1 atom stereocenters. The number of halogens is 3. The highest BCUT2D eigenvalue weighted by molar-refractivity contribution is 7.89. The van der Waals surface area contributed by atoms with E-state index in [-0.39, 0.29) is 17.3 Å². The Kier molecular flexibility index (Phi) is 11.9. The molecule has 7 N–H and O–H groups in total. The van der Waals surface area contributed by atoms with Crippen LogP contribution >= 0.6 is 0 Å². The second kappa shape index (κ2) is 14.8. The summed E-state index contributed by atoms with van der Waals surface area (Å²) in [5.74, 6) is -3.74. The van der Waals surface area contributed by atoms with Crippen LogP contribution in [0.5, 0.6) is 5.75 Å². The monoisotopic (exact) mass is 600 g/mol. The first kappa shape index (κ1) is 32.8. The Labute approximate surface area is 232 Å². The molecule has 0 aromatic heterocycles. The van der Waals surface area contributed by atoms with Gasteiger partial charge in [-0.15, -0.1) is 0 Å². The predicted molar refractivity (Wildman–Crippen MR) is 141 cm³/mol. The summed E-state index contributed by atoms with van der Waals surface area (Å²) < 4.78 is 65.7. The van der Waals surface area contributed by atoms with Gasteiger partial charge in [-0.05, 0) is 35.6 Å². The number of nitrogens with one attached hydrogen (secondary N) is 3. The molecular formula is C25H27F3N4O8S. The lowest BCUT2D eigenvalue weighted by Gasteiger charge is -2.16. The smallest absolute Gasteiger partial charge is 0.490 e. The number of carboxylic acids is 2. The van der Waals surface area contributed by atoms with Crippen LogP contribution in [0.2, 0.25) is 0 Å². The zero-order valence-electron chi connectivity index (χ0n) is 21.2. The van der Waals surface area contributed by atoms with Gasteiger partial charge in [0, 0.05) is 11.8 Å². The molecule has 41 heavy (non-hydrogen) atoms. The number of carboxylic acid groups (broad SMARTS) is 2. The molecule has 12 nitrogen and oxygen atoms in total. The Balaban J connectivity index is 0.000000745. The van der Waals surface area contributed by atoms with Crippen LogP contribution in [0.3, 0.4) is 0 Å². The fourth-order valence-electron chi connectivity index (χ4n) is 3.27. The van der Waals surface area contributed by atoms with Gasteiger partial charge >= 0.3 is 18.1 Å². The molecule has 0 bridgehead atoms. The first-order valence-corrected chi connectivity index (χ1v) is 13.2. The number of hydroxylamine groups is 1. The van der Waals surface area contributed by atoms with Gasteiger partial charge in [-0.2, -0.15) is 17.9 Å². The molecule has 3 rings (SSSR count). The van der Waals surface area contributed by atoms with Crippen molar-refractivity contribution in [3.8, 4) is 5.75 Å². The fourth-order valence-corrected chi connectivity index (χ4v) is 4.69. The minimum atomic E-state index is -5.08. The molecule has 0 aliphatic carbocycles. The minimum absolute atomic E-state index is 0.0306. The summed E-state index contributed by atoms with van der Waals surface area (Å²) in [5.41, 5.74) is 7.95. The molecule has 3 aromatic rings. The molecule has 0 aliphatic heterocycles. The lowest BCUT2D eigenvalue weighted by molar-refractivity contribution is -0.192. The van der Waals surface area contributed by atoms with Crippen molar-refractivity contribution in [1.29, 1.82) is 5.41 Å². The average Bonchev–Trinajstić information content (AvgIpc) is 2.90. The lowest BCUT2D eigenvalue weighted by Crippen LogP contribution is -2.42. The van der Waals surface area contributed by atoms with E-state index in [1.165, 1.54) is 6.07 Å². The zero-order chi connectivity index (χ0) is 30.6. The molecular weight excluding hydrogens is 573 g/mol. The maximum absolute atomic E-state index is 13.0. The number of carbonyl (C=O) groups is 2. The number of nitrogens with two attached hydrogens (primary N) is 1. The molecule has 0 saturated heterocycles. The zero-order valence-corrected chi connectivity index (χ0v) is 22.0. The predicted octanol–water partition coefficient (Wildman–Crippen LogP) is 2.63. The Hall–Kier alpha value is -4.41. The number of sulfonamides is 1. The summed E-state index contributed by atoms with van der Waals surface area (Å²) >= 11 is 0. The average molecular weight is 601 g/mol. The van der Waals surface area contributed by atoms with E-state index in [9.17, 15) is 31.5 Å². The maximum Gasteiger partial charge on any atom is 0.490 e.